The summed E-state index contributed by atoms with van der Waals surface area (Å²) in [5.74, 6) is -1.51. The molecule has 1 aromatic rings. The first-order valence-corrected chi connectivity index (χ1v) is 7.30. The molecule has 6 nitrogen and oxygen atoms in total. The third-order valence-corrected chi connectivity index (χ3v) is 4.17. The van der Waals surface area contributed by atoms with Crippen molar-refractivity contribution in [2.75, 3.05) is 0 Å². The lowest BCUT2D eigenvalue weighted by Gasteiger charge is -2.21. The number of rotatable bonds is 3. The fraction of sp³-hybridized carbons (Fsp3) is 0.375. The quantitative estimate of drug-likeness (QED) is 0.629. The van der Waals surface area contributed by atoms with Gasteiger partial charge in [-0.2, -0.15) is 5.26 Å². The Hall–Kier alpha value is -2.68. The van der Waals surface area contributed by atoms with E-state index in [0.717, 1.165) is 35.5 Å². The Morgan fingerprint density at radius 1 is 1.14 bits per heavy atom. The minimum absolute atomic E-state index is 0.0160. The predicted octanol–water partition coefficient (Wildman–Crippen LogP) is 1.79. The van der Waals surface area contributed by atoms with E-state index in [1.807, 2.05) is 6.07 Å². The van der Waals surface area contributed by atoms with E-state index in [-0.39, 0.29) is 12.6 Å². The second kappa shape index (κ2) is 5.60. The molecule has 1 saturated heterocycles. The van der Waals surface area contributed by atoms with Crippen molar-refractivity contribution >= 4 is 17.8 Å². The maximum atomic E-state index is 12.4. The van der Waals surface area contributed by atoms with E-state index in [0.29, 0.717) is 11.1 Å². The number of amides is 4. The van der Waals surface area contributed by atoms with E-state index < -0.39 is 17.8 Å². The van der Waals surface area contributed by atoms with Crippen LogP contribution in [0.15, 0.2) is 24.3 Å². The summed E-state index contributed by atoms with van der Waals surface area (Å²) in [6.07, 6.45) is 3.48. The highest BCUT2D eigenvalue weighted by atomic mass is 16.2. The summed E-state index contributed by atoms with van der Waals surface area (Å²) in [6, 6.07) is 8.00. The van der Waals surface area contributed by atoms with Gasteiger partial charge >= 0.3 is 17.8 Å². The molecule has 2 aliphatic rings. The highest BCUT2D eigenvalue weighted by Crippen LogP contribution is 2.28. The molecule has 1 aliphatic carbocycles. The summed E-state index contributed by atoms with van der Waals surface area (Å²) in [5.41, 5.74) is 1.11. The van der Waals surface area contributed by atoms with Crippen molar-refractivity contribution in [2.45, 2.75) is 38.3 Å². The van der Waals surface area contributed by atoms with E-state index in [1.165, 1.54) is 0 Å². The van der Waals surface area contributed by atoms with Crippen LogP contribution in [0.25, 0.3) is 0 Å². The Bertz CT molecular complexity index is 686. The smallest absolute Gasteiger partial charge is 0.263 e. The first kappa shape index (κ1) is 14.3. The largest absolute Gasteiger partial charge is 0.334 e. The highest BCUT2D eigenvalue weighted by Gasteiger charge is 2.47. The lowest BCUT2D eigenvalue weighted by molar-refractivity contribution is -0.144. The molecular formula is C16H15N3O3. The lowest BCUT2D eigenvalue weighted by atomic mass is 10.1. The number of carbonyl (C=O) groups excluding carboxylic acids is 3. The van der Waals surface area contributed by atoms with E-state index in [9.17, 15) is 14.4 Å². The van der Waals surface area contributed by atoms with Crippen LogP contribution < -0.4 is 0 Å². The van der Waals surface area contributed by atoms with Crippen molar-refractivity contribution in [2.24, 2.45) is 0 Å². The van der Waals surface area contributed by atoms with E-state index >= 15 is 0 Å². The molecular weight excluding hydrogens is 282 g/mol. The van der Waals surface area contributed by atoms with Gasteiger partial charge in [0.1, 0.15) is 0 Å². The Balaban J connectivity index is 1.82. The van der Waals surface area contributed by atoms with Crippen LogP contribution in [0.3, 0.4) is 0 Å². The Kier molecular flexibility index (Phi) is 3.63. The van der Waals surface area contributed by atoms with Crippen LogP contribution in [0.5, 0.6) is 0 Å². The molecule has 0 spiro atoms. The number of benzene rings is 1. The van der Waals surface area contributed by atoms with E-state index in [4.69, 9.17) is 5.26 Å². The van der Waals surface area contributed by atoms with Gasteiger partial charge < -0.3 is 0 Å². The fourth-order valence-electron chi connectivity index (χ4n) is 3.07. The van der Waals surface area contributed by atoms with Gasteiger partial charge in [-0.05, 0) is 30.5 Å². The van der Waals surface area contributed by atoms with Gasteiger partial charge in [0.05, 0.1) is 18.2 Å². The average Bonchev–Trinajstić information content (AvgIpc) is 3.11. The molecule has 1 aliphatic heterocycles. The maximum absolute atomic E-state index is 12.4. The van der Waals surface area contributed by atoms with Crippen LogP contribution >= 0.6 is 0 Å². The highest BCUT2D eigenvalue weighted by molar-refractivity contribution is 6.44. The summed E-state index contributed by atoms with van der Waals surface area (Å²) in [6.45, 7) is 0.0160. The summed E-state index contributed by atoms with van der Waals surface area (Å²) in [4.78, 5) is 38.7. The van der Waals surface area contributed by atoms with Crippen molar-refractivity contribution in [1.82, 2.24) is 9.80 Å². The molecule has 0 atom stereocenters. The molecule has 112 valence electrons. The predicted molar refractivity (Wildman–Crippen MR) is 76.2 cm³/mol. The van der Waals surface area contributed by atoms with Crippen molar-refractivity contribution in [3.63, 3.8) is 0 Å². The summed E-state index contributed by atoms with van der Waals surface area (Å²) < 4.78 is 0. The van der Waals surface area contributed by atoms with Gasteiger partial charge in [0.2, 0.25) is 0 Å². The zero-order chi connectivity index (χ0) is 15.7. The molecule has 1 heterocycles. The Morgan fingerprint density at radius 3 is 2.55 bits per heavy atom. The normalized spacial score (nSPS) is 19.1. The van der Waals surface area contributed by atoms with Crippen molar-refractivity contribution in [3.8, 4) is 6.07 Å². The third-order valence-electron chi connectivity index (χ3n) is 4.17. The summed E-state index contributed by atoms with van der Waals surface area (Å²) in [7, 11) is 0. The third kappa shape index (κ3) is 2.35. The molecule has 2 fully saturated rings. The molecule has 6 heteroatoms. The minimum atomic E-state index is -0.778. The summed E-state index contributed by atoms with van der Waals surface area (Å²) in [5, 5.41) is 8.89. The van der Waals surface area contributed by atoms with Gasteiger partial charge in [0.15, 0.2) is 0 Å². The number of urea groups is 1. The zero-order valence-corrected chi connectivity index (χ0v) is 12.0. The Labute approximate surface area is 127 Å². The van der Waals surface area contributed by atoms with Gasteiger partial charge in [-0.25, -0.2) is 4.79 Å². The van der Waals surface area contributed by atoms with Gasteiger partial charge in [0, 0.05) is 6.04 Å². The molecule has 1 aromatic carbocycles. The lowest BCUT2D eigenvalue weighted by Crippen LogP contribution is -2.39. The molecule has 1 saturated carbocycles. The van der Waals surface area contributed by atoms with Gasteiger partial charge in [-0.3, -0.25) is 19.4 Å². The van der Waals surface area contributed by atoms with Crippen molar-refractivity contribution < 1.29 is 14.4 Å². The molecule has 22 heavy (non-hydrogen) atoms. The van der Waals surface area contributed by atoms with Crippen molar-refractivity contribution in [1.29, 1.82) is 5.26 Å². The first-order chi connectivity index (χ1) is 10.6. The number of nitriles is 1. The topological polar surface area (TPSA) is 81.5 Å². The Morgan fingerprint density at radius 2 is 1.86 bits per heavy atom. The molecule has 3 rings (SSSR count). The second-order valence-corrected chi connectivity index (χ2v) is 5.60. The SMILES string of the molecule is N#Cc1cccc(CN2C(=O)C(=O)N(C3CCCC3)C2=O)c1. The van der Waals surface area contributed by atoms with Crippen LogP contribution in [0, 0.1) is 11.3 Å². The molecule has 0 aromatic heterocycles. The van der Waals surface area contributed by atoms with Gasteiger partial charge in [0.25, 0.3) is 0 Å². The van der Waals surface area contributed by atoms with Gasteiger partial charge in [-0.1, -0.05) is 25.0 Å². The van der Waals surface area contributed by atoms with E-state index in [2.05, 4.69) is 0 Å². The van der Waals surface area contributed by atoms with Crippen molar-refractivity contribution in [3.05, 3.63) is 35.4 Å². The standard InChI is InChI=1S/C16H15N3O3/c17-9-11-4-3-5-12(8-11)10-18-14(20)15(21)19(16(18)22)13-6-1-2-7-13/h3-5,8,13H,1-2,6-7,10H2. The molecule has 4 amide bonds. The molecule has 0 N–H and O–H groups in total. The number of carbonyl (C=O) groups is 3. The fourth-order valence-corrected chi connectivity index (χ4v) is 3.07. The number of imide groups is 2. The minimum Gasteiger partial charge on any atom is -0.263 e. The second-order valence-electron chi connectivity index (χ2n) is 5.60. The number of hydrogen-bond acceptors (Lipinski definition) is 4. The first-order valence-electron chi connectivity index (χ1n) is 7.30. The number of nitrogens with zero attached hydrogens (tertiary/aromatic N) is 3. The number of hydrogen-bond donors (Lipinski definition) is 0. The summed E-state index contributed by atoms with van der Waals surface area (Å²) >= 11 is 0. The maximum Gasteiger partial charge on any atom is 0.334 e. The molecule has 0 unspecified atom stereocenters. The molecule has 0 radical (unpaired) electrons. The van der Waals surface area contributed by atoms with Crippen LogP contribution in [0.1, 0.15) is 36.8 Å². The molecule has 0 bridgehead atoms. The average molecular weight is 297 g/mol. The zero-order valence-electron chi connectivity index (χ0n) is 12.0. The van der Waals surface area contributed by atoms with E-state index in [1.54, 1.807) is 24.3 Å². The van der Waals surface area contributed by atoms with Crippen LogP contribution in [-0.2, 0) is 16.1 Å². The van der Waals surface area contributed by atoms with Crippen LogP contribution in [0.4, 0.5) is 4.79 Å². The monoisotopic (exact) mass is 297 g/mol. The van der Waals surface area contributed by atoms with Gasteiger partial charge in [-0.15, -0.1) is 0 Å². The van der Waals surface area contributed by atoms with Crippen LogP contribution in [-0.4, -0.2) is 33.7 Å². The van der Waals surface area contributed by atoms with Crippen LogP contribution in [0.2, 0.25) is 0 Å².